The second-order valence-electron chi connectivity index (χ2n) is 18.8. The number of hydrogen-bond acceptors (Lipinski definition) is 8. The maximum Gasteiger partial charge on any atom is 0.315 e. The standard InChI is InChI=1S/C39H65N7O7/c1-9-39(7,8)24-20-46(31(29(24)40)34(51)42-25(17-22-15-16-22)32(49)33(41)50)35(52)30(23-13-11-10-12-14-23)44-36(53)43-26(37(2,3)4)21-45-27(47)18-38(5,6)19-28(45)48/h22-26,29-31H,9-21,40H2,1-8H3,(H2,41,50)(H,42,51)(H2,43,44,53)/t24-,25?,26+,29-,30-,31-/m0/s1. The van der Waals surface area contributed by atoms with Gasteiger partial charge in [-0.25, -0.2) is 4.79 Å². The number of imide groups is 1. The molecule has 2 saturated carbocycles. The summed E-state index contributed by atoms with van der Waals surface area (Å²) in [5.41, 5.74) is 10.9. The lowest BCUT2D eigenvalue weighted by atomic mass is 9.73. The SMILES string of the molecule is CCC(C)(C)[C@H]1CN(C(=O)[C@@H](NC(=O)N[C@H](CN2C(=O)CC(C)(C)CC2=O)C(C)(C)C)C2CCCCC2)[C@H](C(=O)NC(CC2CC2)C(=O)C(N)=O)[C@H]1N. The lowest BCUT2D eigenvalue weighted by Gasteiger charge is -2.40. The summed E-state index contributed by atoms with van der Waals surface area (Å²) in [4.78, 5) is 96.6. The monoisotopic (exact) mass is 743 g/mol. The molecule has 0 aromatic heterocycles. The quantitative estimate of drug-likeness (QED) is 0.131. The van der Waals surface area contributed by atoms with Crippen LogP contribution in [0.1, 0.15) is 126 Å². The lowest BCUT2D eigenvalue weighted by Crippen LogP contribution is -2.62. The highest BCUT2D eigenvalue weighted by molar-refractivity contribution is 6.37. The van der Waals surface area contributed by atoms with E-state index in [9.17, 15) is 33.6 Å². The van der Waals surface area contributed by atoms with Gasteiger partial charge < -0.3 is 32.3 Å². The van der Waals surface area contributed by atoms with Crippen LogP contribution in [0, 0.1) is 34.0 Å². The van der Waals surface area contributed by atoms with Crippen LogP contribution in [0.2, 0.25) is 0 Å². The smallest absolute Gasteiger partial charge is 0.315 e. The summed E-state index contributed by atoms with van der Waals surface area (Å²) in [5.74, 6) is -3.95. The van der Waals surface area contributed by atoms with E-state index in [0.717, 1.165) is 38.5 Å². The van der Waals surface area contributed by atoms with E-state index >= 15 is 0 Å². The van der Waals surface area contributed by atoms with E-state index < -0.39 is 70.6 Å². The van der Waals surface area contributed by atoms with Gasteiger partial charge in [0.1, 0.15) is 12.1 Å². The fourth-order valence-corrected chi connectivity index (χ4v) is 8.30. The molecular formula is C39H65N7O7. The van der Waals surface area contributed by atoms with Crippen LogP contribution in [0.3, 0.4) is 0 Å². The molecule has 14 nitrogen and oxygen atoms in total. The number of amides is 7. The third kappa shape index (κ3) is 10.4. The first-order valence-electron chi connectivity index (χ1n) is 19.7. The number of primary amides is 1. The van der Waals surface area contributed by atoms with Gasteiger partial charge in [-0.3, -0.25) is 33.7 Å². The van der Waals surface area contributed by atoms with E-state index in [2.05, 4.69) is 16.0 Å². The number of likely N-dealkylation sites (tertiary alicyclic amines) is 2. The highest BCUT2D eigenvalue weighted by Crippen LogP contribution is 2.41. The summed E-state index contributed by atoms with van der Waals surface area (Å²) in [6.07, 6.45) is 7.38. The molecule has 2 saturated heterocycles. The topological polar surface area (TPSA) is 214 Å². The van der Waals surface area contributed by atoms with Crippen molar-refractivity contribution in [2.45, 2.75) is 156 Å². The van der Waals surface area contributed by atoms with Crippen molar-refractivity contribution in [3.05, 3.63) is 0 Å². The Balaban J connectivity index is 1.61. The Morgan fingerprint density at radius 3 is 1.98 bits per heavy atom. The number of hydrogen-bond donors (Lipinski definition) is 5. The predicted molar refractivity (Wildman–Crippen MR) is 200 cm³/mol. The van der Waals surface area contributed by atoms with E-state index in [4.69, 9.17) is 11.5 Å². The van der Waals surface area contributed by atoms with Crippen LogP contribution in [0.4, 0.5) is 4.79 Å². The molecule has 1 unspecified atom stereocenters. The van der Waals surface area contributed by atoms with Crippen LogP contribution in [0.5, 0.6) is 0 Å². The van der Waals surface area contributed by atoms with Crippen molar-refractivity contribution in [2.24, 2.45) is 45.5 Å². The first-order valence-corrected chi connectivity index (χ1v) is 19.7. The predicted octanol–water partition coefficient (Wildman–Crippen LogP) is 2.75. The molecule has 53 heavy (non-hydrogen) atoms. The summed E-state index contributed by atoms with van der Waals surface area (Å²) in [6.45, 7) is 15.8. The van der Waals surface area contributed by atoms with Crippen molar-refractivity contribution in [2.75, 3.05) is 13.1 Å². The number of urea groups is 1. The zero-order chi connectivity index (χ0) is 39.6. The van der Waals surface area contributed by atoms with E-state index in [-0.39, 0.29) is 67.3 Å². The molecular weight excluding hydrogens is 678 g/mol. The van der Waals surface area contributed by atoms with Crippen LogP contribution in [-0.2, 0) is 28.8 Å². The second-order valence-corrected chi connectivity index (χ2v) is 18.8. The van der Waals surface area contributed by atoms with Crippen molar-refractivity contribution in [3.8, 4) is 0 Å². The molecule has 4 aliphatic rings. The molecule has 2 heterocycles. The zero-order valence-corrected chi connectivity index (χ0v) is 33.2. The second kappa shape index (κ2) is 16.4. The number of nitrogens with two attached hydrogens (primary N) is 2. The van der Waals surface area contributed by atoms with Crippen LogP contribution >= 0.6 is 0 Å². The summed E-state index contributed by atoms with van der Waals surface area (Å²) < 4.78 is 0. The Kier molecular flexibility index (Phi) is 13.1. The lowest BCUT2D eigenvalue weighted by molar-refractivity contribution is -0.153. The van der Waals surface area contributed by atoms with Gasteiger partial charge in [0, 0.05) is 32.0 Å². The maximum atomic E-state index is 14.9. The van der Waals surface area contributed by atoms with Gasteiger partial charge in [-0.1, -0.05) is 93.9 Å². The van der Waals surface area contributed by atoms with E-state index in [1.807, 2.05) is 55.4 Å². The molecule has 4 fully saturated rings. The van der Waals surface area contributed by atoms with Gasteiger partial charge in [0.05, 0.1) is 12.1 Å². The summed E-state index contributed by atoms with van der Waals surface area (Å²) in [5, 5.41) is 8.71. The van der Waals surface area contributed by atoms with Crippen molar-refractivity contribution >= 4 is 41.4 Å². The molecule has 6 atom stereocenters. The summed E-state index contributed by atoms with van der Waals surface area (Å²) in [7, 11) is 0. The fourth-order valence-electron chi connectivity index (χ4n) is 8.30. The van der Waals surface area contributed by atoms with E-state index in [1.165, 1.54) is 9.80 Å². The largest absolute Gasteiger partial charge is 0.363 e. The third-order valence-electron chi connectivity index (χ3n) is 12.4. The average Bonchev–Trinajstić information content (AvgIpc) is 3.81. The van der Waals surface area contributed by atoms with Crippen LogP contribution < -0.4 is 27.4 Å². The molecule has 0 aromatic carbocycles. The van der Waals surface area contributed by atoms with Crippen LogP contribution in [-0.4, -0.2) is 94.4 Å². The van der Waals surface area contributed by atoms with Crippen molar-refractivity contribution in [1.82, 2.24) is 25.8 Å². The molecule has 0 aromatic rings. The fraction of sp³-hybridized carbons (Fsp3) is 0.821. The number of ketones is 1. The first kappa shape index (κ1) is 42.2. The Hall–Kier alpha value is -3.55. The number of carbonyl (C=O) groups is 7. The number of rotatable bonds is 14. The molecule has 4 rings (SSSR count). The number of carbonyl (C=O) groups excluding carboxylic acids is 7. The van der Waals surface area contributed by atoms with Gasteiger partial charge >= 0.3 is 6.03 Å². The van der Waals surface area contributed by atoms with E-state index in [1.54, 1.807) is 0 Å². The molecule has 0 bridgehead atoms. The third-order valence-corrected chi connectivity index (χ3v) is 12.4. The number of nitrogens with zero attached hydrogens (tertiary/aromatic N) is 2. The number of piperidine rings is 1. The average molecular weight is 744 g/mol. The maximum absolute atomic E-state index is 14.9. The highest BCUT2D eigenvalue weighted by Gasteiger charge is 2.53. The molecule has 0 spiro atoms. The molecule has 2 aliphatic heterocycles. The molecule has 2 aliphatic carbocycles. The van der Waals surface area contributed by atoms with Gasteiger partial charge in [-0.2, -0.15) is 0 Å². The highest BCUT2D eigenvalue weighted by atomic mass is 16.2. The Labute approximate surface area is 315 Å². The van der Waals surface area contributed by atoms with Gasteiger partial charge in [0.15, 0.2) is 0 Å². The minimum Gasteiger partial charge on any atom is -0.363 e. The summed E-state index contributed by atoms with van der Waals surface area (Å²) >= 11 is 0. The van der Waals surface area contributed by atoms with Gasteiger partial charge in [-0.05, 0) is 53.3 Å². The van der Waals surface area contributed by atoms with Gasteiger partial charge in [0.2, 0.25) is 29.4 Å². The number of nitrogens with one attached hydrogen (secondary N) is 3. The molecule has 298 valence electrons. The van der Waals surface area contributed by atoms with Gasteiger partial charge in [0.25, 0.3) is 5.91 Å². The minimum atomic E-state index is -1.15. The number of Topliss-reactive ketones (excluding diaryl/α,β-unsaturated/α-hetero) is 1. The normalized spacial score (nSPS) is 25.7. The molecule has 14 heteroatoms. The van der Waals surface area contributed by atoms with Crippen LogP contribution in [0.25, 0.3) is 0 Å². The Morgan fingerprint density at radius 1 is 0.887 bits per heavy atom. The van der Waals surface area contributed by atoms with Crippen molar-refractivity contribution < 1.29 is 33.6 Å². The van der Waals surface area contributed by atoms with Gasteiger partial charge in [-0.15, -0.1) is 0 Å². The summed E-state index contributed by atoms with van der Waals surface area (Å²) in [6, 6.07) is -5.28. The first-order chi connectivity index (χ1) is 24.6. The molecule has 7 N–H and O–H groups in total. The zero-order valence-electron chi connectivity index (χ0n) is 33.2. The van der Waals surface area contributed by atoms with E-state index in [0.29, 0.717) is 12.8 Å². The Bertz CT molecular complexity index is 1410. The van der Waals surface area contributed by atoms with Crippen molar-refractivity contribution in [1.29, 1.82) is 0 Å². The molecule has 0 radical (unpaired) electrons. The van der Waals surface area contributed by atoms with Crippen LogP contribution in [0.15, 0.2) is 0 Å². The van der Waals surface area contributed by atoms with Crippen molar-refractivity contribution in [3.63, 3.8) is 0 Å². The molecule has 7 amide bonds. The Morgan fingerprint density at radius 2 is 1.47 bits per heavy atom. The minimum absolute atomic E-state index is 0.00421.